The molecule has 2 nitrogen and oxygen atoms in total. The van der Waals surface area contributed by atoms with E-state index in [1.807, 2.05) is 24.3 Å². The molecule has 3 heteroatoms. The van der Waals surface area contributed by atoms with Crippen LogP contribution in [0.2, 0.25) is 0 Å². The molecule has 0 bridgehead atoms. The summed E-state index contributed by atoms with van der Waals surface area (Å²) in [4.78, 5) is 4.95. The van der Waals surface area contributed by atoms with Gasteiger partial charge in [0.05, 0.1) is 0 Å². The molecule has 73 valence electrons. The number of hydrogen-bond donors (Lipinski definition) is 0. The summed E-state index contributed by atoms with van der Waals surface area (Å²) in [6, 6.07) is 7.70. The number of rotatable bonds is 5. The highest BCUT2D eigenvalue weighted by Gasteiger charge is 1.94. The molecular weight excluding hydrogens is 242 g/mol. The molecule has 0 aliphatic heterocycles. The zero-order valence-corrected chi connectivity index (χ0v) is 9.33. The Morgan fingerprint density at radius 2 is 2.29 bits per heavy atom. The number of hydrogen-bond acceptors (Lipinski definition) is 2. The van der Waals surface area contributed by atoms with Crippen molar-refractivity contribution in [2.75, 3.05) is 6.61 Å². The van der Waals surface area contributed by atoms with Gasteiger partial charge in [0, 0.05) is 16.5 Å². The van der Waals surface area contributed by atoms with Crippen LogP contribution in [0.25, 0.3) is 0 Å². The quantitative estimate of drug-likeness (QED) is 0.341. The van der Waals surface area contributed by atoms with Gasteiger partial charge in [0.1, 0.15) is 12.8 Å². The largest absolute Gasteiger partial charge is 0.395 e. The summed E-state index contributed by atoms with van der Waals surface area (Å²) < 4.78 is 0.955. The third-order valence-corrected chi connectivity index (χ3v) is 2.21. The zero-order chi connectivity index (χ0) is 10.2. The summed E-state index contributed by atoms with van der Waals surface area (Å²) in [5, 5.41) is 3.71. The van der Waals surface area contributed by atoms with E-state index in [4.69, 9.17) is 4.84 Å². The molecule has 1 aromatic rings. The molecule has 1 radical (unpaired) electrons. The highest BCUT2D eigenvalue weighted by molar-refractivity contribution is 9.10. The van der Waals surface area contributed by atoms with Crippen molar-refractivity contribution >= 4 is 22.1 Å². The van der Waals surface area contributed by atoms with Crippen LogP contribution in [-0.2, 0) is 4.84 Å². The van der Waals surface area contributed by atoms with Gasteiger partial charge in [-0.25, -0.2) is 0 Å². The summed E-state index contributed by atoms with van der Waals surface area (Å²) >= 11 is 3.38. The van der Waals surface area contributed by atoms with Crippen LogP contribution < -0.4 is 0 Å². The minimum atomic E-state index is 0.543. The molecule has 1 rings (SSSR count). The summed E-state index contributed by atoms with van der Waals surface area (Å²) in [6.07, 6.45) is 5.37. The van der Waals surface area contributed by atoms with E-state index in [2.05, 4.69) is 33.9 Å². The Morgan fingerprint density at radius 1 is 1.50 bits per heavy atom. The van der Waals surface area contributed by atoms with Gasteiger partial charge in [0.2, 0.25) is 0 Å². The van der Waals surface area contributed by atoms with Gasteiger partial charge in [0.15, 0.2) is 0 Å². The second-order valence-electron chi connectivity index (χ2n) is 2.59. The normalized spacial score (nSPS) is 10.4. The van der Waals surface area contributed by atoms with E-state index in [0.717, 1.165) is 16.5 Å². The number of nitrogens with zero attached hydrogens (tertiary/aromatic N) is 1. The second-order valence-corrected chi connectivity index (χ2v) is 3.45. The van der Waals surface area contributed by atoms with Crippen molar-refractivity contribution in [3.05, 3.63) is 47.0 Å². The Kier molecular flexibility index (Phi) is 5.00. The molecule has 0 aliphatic rings. The molecule has 0 N–H and O–H groups in total. The minimum Gasteiger partial charge on any atom is -0.395 e. The van der Waals surface area contributed by atoms with Crippen LogP contribution in [0.4, 0.5) is 0 Å². The van der Waals surface area contributed by atoms with Crippen molar-refractivity contribution in [3.8, 4) is 0 Å². The zero-order valence-electron chi connectivity index (χ0n) is 7.74. The van der Waals surface area contributed by atoms with E-state index in [9.17, 15) is 0 Å². The van der Waals surface area contributed by atoms with Gasteiger partial charge in [-0.1, -0.05) is 45.4 Å². The molecule has 0 heterocycles. The van der Waals surface area contributed by atoms with Gasteiger partial charge in [-0.15, -0.1) is 6.58 Å². The predicted octanol–water partition coefficient (Wildman–Crippen LogP) is 3.25. The molecule has 1 aromatic carbocycles. The standard InChI is InChI=1S/C11H11BrNO/c1-2-3-8-14-13-9-10-6-4-5-7-11(10)12/h2,4-7H,1,3,8H2. The van der Waals surface area contributed by atoms with Crippen LogP contribution in [0.5, 0.6) is 0 Å². The average Bonchev–Trinajstić information content (AvgIpc) is 2.20. The SMILES string of the molecule is C=CCCON=[C]c1ccccc1Br. The molecule has 0 amide bonds. The van der Waals surface area contributed by atoms with Crippen molar-refractivity contribution in [2.24, 2.45) is 5.16 Å². The molecule has 0 unspecified atom stereocenters. The van der Waals surface area contributed by atoms with E-state index >= 15 is 0 Å². The maximum Gasteiger partial charge on any atom is 0.140 e. The third-order valence-electron chi connectivity index (χ3n) is 1.52. The lowest BCUT2D eigenvalue weighted by molar-refractivity contribution is 0.151. The monoisotopic (exact) mass is 252 g/mol. The first-order valence-corrected chi connectivity index (χ1v) is 5.07. The Hall–Kier alpha value is -1.09. The molecule has 14 heavy (non-hydrogen) atoms. The van der Waals surface area contributed by atoms with Crippen molar-refractivity contribution in [3.63, 3.8) is 0 Å². The van der Waals surface area contributed by atoms with Crippen LogP contribution in [-0.4, -0.2) is 12.8 Å². The smallest absolute Gasteiger partial charge is 0.140 e. The first-order valence-electron chi connectivity index (χ1n) is 4.28. The van der Waals surface area contributed by atoms with E-state index in [1.54, 1.807) is 6.08 Å². The van der Waals surface area contributed by atoms with E-state index in [1.165, 1.54) is 0 Å². The van der Waals surface area contributed by atoms with E-state index < -0.39 is 0 Å². The molecule has 0 fully saturated rings. The summed E-state index contributed by atoms with van der Waals surface area (Å²) in [5.74, 6) is 0. The minimum absolute atomic E-state index is 0.543. The summed E-state index contributed by atoms with van der Waals surface area (Å²) in [7, 11) is 0. The summed E-state index contributed by atoms with van der Waals surface area (Å²) in [5.41, 5.74) is 0.881. The Balaban J connectivity index is 2.43. The molecule has 0 atom stereocenters. The van der Waals surface area contributed by atoms with Crippen LogP contribution in [0.15, 0.2) is 46.5 Å². The number of halogens is 1. The second kappa shape index (κ2) is 6.38. The lowest BCUT2D eigenvalue weighted by atomic mass is 10.2. The first kappa shape index (κ1) is 11.0. The highest BCUT2D eigenvalue weighted by Crippen LogP contribution is 2.13. The van der Waals surface area contributed by atoms with Gasteiger partial charge >= 0.3 is 0 Å². The van der Waals surface area contributed by atoms with Crippen molar-refractivity contribution in [2.45, 2.75) is 6.42 Å². The lowest BCUT2D eigenvalue weighted by Gasteiger charge is -1.96. The molecular formula is C11H11BrNO. The van der Waals surface area contributed by atoms with Crippen molar-refractivity contribution in [1.82, 2.24) is 0 Å². The number of benzene rings is 1. The van der Waals surface area contributed by atoms with Crippen LogP contribution in [0, 0.1) is 0 Å². The molecule has 0 spiro atoms. The van der Waals surface area contributed by atoms with Gasteiger partial charge in [-0.05, 0) is 6.07 Å². The fraction of sp³-hybridized carbons (Fsp3) is 0.182. The van der Waals surface area contributed by atoms with Crippen molar-refractivity contribution in [1.29, 1.82) is 0 Å². The predicted molar refractivity (Wildman–Crippen MR) is 61.4 cm³/mol. The maximum atomic E-state index is 4.95. The Bertz CT molecular complexity index is 323. The van der Waals surface area contributed by atoms with E-state index in [-0.39, 0.29) is 0 Å². The van der Waals surface area contributed by atoms with Crippen molar-refractivity contribution < 1.29 is 4.84 Å². The van der Waals surface area contributed by atoms with Gasteiger partial charge in [-0.2, -0.15) is 0 Å². The molecule has 0 aliphatic carbocycles. The molecule has 0 aromatic heterocycles. The van der Waals surface area contributed by atoms with Gasteiger partial charge in [-0.3, -0.25) is 0 Å². The lowest BCUT2D eigenvalue weighted by Crippen LogP contribution is -1.87. The average molecular weight is 253 g/mol. The van der Waals surface area contributed by atoms with Crippen LogP contribution >= 0.6 is 15.9 Å². The molecule has 0 saturated carbocycles. The third kappa shape index (κ3) is 3.75. The topological polar surface area (TPSA) is 21.6 Å². The first-order chi connectivity index (χ1) is 6.84. The fourth-order valence-corrected chi connectivity index (χ4v) is 1.19. The Morgan fingerprint density at radius 3 is 3.00 bits per heavy atom. The van der Waals surface area contributed by atoms with Gasteiger partial charge < -0.3 is 4.84 Å². The maximum absolute atomic E-state index is 4.95. The summed E-state index contributed by atoms with van der Waals surface area (Å²) in [6.45, 7) is 4.12. The fourth-order valence-electron chi connectivity index (χ4n) is 0.815. The van der Waals surface area contributed by atoms with Crippen LogP contribution in [0.1, 0.15) is 12.0 Å². The van der Waals surface area contributed by atoms with Crippen LogP contribution in [0.3, 0.4) is 0 Å². The highest BCUT2D eigenvalue weighted by atomic mass is 79.9. The van der Waals surface area contributed by atoms with Gasteiger partial charge in [0.25, 0.3) is 0 Å². The molecule has 0 saturated heterocycles. The van der Waals surface area contributed by atoms with E-state index in [0.29, 0.717) is 6.61 Å². The Labute approximate surface area is 92.4 Å².